The fourth-order valence-electron chi connectivity index (χ4n) is 8.82. The van der Waals surface area contributed by atoms with E-state index in [1.165, 1.54) is 51.4 Å². The molecule has 0 aromatic carbocycles. The molecule has 0 spiro atoms. The molecule has 0 saturated carbocycles. The Kier molecular flexibility index (Phi) is 61.6. The van der Waals surface area contributed by atoms with E-state index in [2.05, 4.69) is 130 Å². The molecule has 0 bridgehead atoms. The fraction of sp³-hybridized carbons (Fsp3) is 0.704. The van der Waals surface area contributed by atoms with Gasteiger partial charge in [-0.1, -0.05) is 252 Å². The van der Waals surface area contributed by atoms with Gasteiger partial charge in [0.25, 0.3) is 0 Å². The molecule has 0 fully saturated rings. The van der Waals surface area contributed by atoms with E-state index < -0.39 is 91.5 Å². The number of phosphoric acid groups is 2. The highest BCUT2D eigenvalue weighted by atomic mass is 31.2. The molecule has 4 N–H and O–H groups in total. The summed E-state index contributed by atoms with van der Waals surface area (Å²) in [5, 5.41) is 20.5. The molecule has 16 nitrogen and oxygen atoms in total. The summed E-state index contributed by atoms with van der Waals surface area (Å²) < 4.78 is 60.8. The van der Waals surface area contributed by atoms with Crippen molar-refractivity contribution in [1.29, 1.82) is 0 Å². The van der Waals surface area contributed by atoms with Gasteiger partial charge in [-0.3, -0.25) is 32.5 Å². The van der Waals surface area contributed by atoms with E-state index in [-0.39, 0.29) is 19.3 Å². The molecular weight excluding hydrogens is 1170 g/mol. The molecule has 0 aliphatic rings. The fourth-order valence-corrected chi connectivity index (χ4v) is 10.4. The highest BCUT2D eigenvalue weighted by Gasteiger charge is 2.29. The molecule has 0 heterocycles. The zero-order valence-electron chi connectivity index (χ0n) is 55.3. The Hall–Kier alpha value is -3.79. The van der Waals surface area contributed by atoms with Crippen molar-refractivity contribution in [2.24, 2.45) is 0 Å². The zero-order chi connectivity index (χ0) is 65.3. The van der Waals surface area contributed by atoms with E-state index in [4.69, 9.17) is 32.3 Å². The first-order chi connectivity index (χ1) is 43.2. The van der Waals surface area contributed by atoms with Crippen LogP contribution < -0.4 is 0 Å². The average molecular weight is 1290 g/mol. The smallest absolute Gasteiger partial charge is 0.463 e. The number of ether oxygens (including phenoxy) is 3. The van der Waals surface area contributed by atoms with Crippen molar-refractivity contribution in [3.63, 3.8) is 0 Å². The molecule has 0 saturated heterocycles. The van der Waals surface area contributed by atoms with E-state index in [9.17, 15) is 43.5 Å². The van der Waals surface area contributed by atoms with Gasteiger partial charge in [0.2, 0.25) is 0 Å². The lowest BCUT2D eigenvalue weighted by Crippen LogP contribution is -2.30. The van der Waals surface area contributed by atoms with Crippen molar-refractivity contribution >= 4 is 33.6 Å². The number of aliphatic hydroxyl groups excluding tert-OH is 2. The van der Waals surface area contributed by atoms with Crippen LogP contribution in [0.5, 0.6) is 0 Å². The van der Waals surface area contributed by atoms with Crippen LogP contribution in [0.3, 0.4) is 0 Å². The third-order valence-electron chi connectivity index (χ3n) is 14.0. The summed E-state index contributed by atoms with van der Waals surface area (Å²) in [4.78, 5) is 58.3. The number of hydrogen-bond donors (Lipinski definition) is 4. The average Bonchev–Trinajstić information content (AvgIpc) is 3.70. The Morgan fingerprint density at radius 2 is 0.596 bits per heavy atom. The Bertz CT molecular complexity index is 2060. The molecule has 0 aliphatic carbocycles. The molecule has 0 aromatic heterocycles. The van der Waals surface area contributed by atoms with Gasteiger partial charge in [-0.2, -0.15) is 0 Å². The second-order valence-electron chi connectivity index (χ2n) is 22.6. The second kappa shape index (κ2) is 64.3. The highest BCUT2D eigenvalue weighted by molar-refractivity contribution is 7.47. The summed E-state index contributed by atoms with van der Waals surface area (Å²) in [5.41, 5.74) is 0. The first-order valence-corrected chi connectivity index (χ1v) is 37.2. The summed E-state index contributed by atoms with van der Waals surface area (Å²) in [6.07, 6.45) is 71.4. The predicted octanol–water partition coefficient (Wildman–Crippen LogP) is 18.9. The van der Waals surface area contributed by atoms with Crippen LogP contribution in [0.1, 0.15) is 265 Å². The third-order valence-corrected chi connectivity index (χ3v) is 15.9. The van der Waals surface area contributed by atoms with Crippen molar-refractivity contribution in [3.8, 4) is 0 Å². The maximum Gasteiger partial charge on any atom is 0.472 e. The first-order valence-electron chi connectivity index (χ1n) is 34.2. The number of phosphoric ester groups is 2. The van der Waals surface area contributed by atoms with Gasteiger partial charge >= 0.3 is 33.6 Å². The number of carbonyl (C=O) groups excluding carboxylic acids is 3. The van der Waals surface area contributed by atoms with E-state index in [0.29, 0.717) is 19.3 Å². The van der Waals surface area contributed by atoms with Gasteiger partial charge in [-0.25, -0.2) is 9.13 Å². The zero-order valence-corrected chi connectivity index (χ0v) is 57.1. The molecule has 512 valence electrons. The van der Waals surface area contributed by atoms with Crippen molar-refractivity contribution in [1.82, 2.24) is 0 Å². The van der Waals surface area contributed by atoms with Gasteiger partial charge in [-0.15, -0.1) is 0 Å². The van der Waals surface area contributed by atoms with Crippen LogP contribution in [0, 0.1) is 0 Å². The van der Waals surface area contributed by atoms with E-state index in [0.717, 1.165) is 154 Å². The van der Waals surface area contributed by atoms with E-state index in [1.54, 1.807) is 0 Å². The van der Waals surface area contributed by atoms with Crippen LogP contribution in [0.4, 0.5) is 0 Å². The Morgan fingerprint density at radius 1 is 0.326 bits per heavy atom. The summed E-state index contributed by atoms with van der Waals surface area (Å²) >= 11 is 0. The van der Waals surface area contributed by atoms with Crippen molar-refractivity contribution in [2.45, 2.75) is 283 Å². The largest absolute Gasteiger partial charge is 0.472 e. The number of unbranched alkanes of at least 4 members (excludes halogenated alkanes) is 23. The Labute approximate surface area is 539 Å². The number of esters is 3. The number of rotatable bonds is 64. The molecule has 0 amide bonds. The summed E-state index contributed by atoms with van der Waals surface area (Å²) in [6, 6.07) is 0. The van der Waals surface area contributed by atoms with Crippen LogP contribution in [0.25, 0.3) is 0 Å². The Morgan fingerprint density at radius 3 is 0.944 bits per heavy atom. The second-order valence-corrected chi connectivity index (χ2v) is 25.5. The van der Waals surface area contributed by atoms with Crippen LogP contribution in [0.2, 0.25) is 0 Å². The quantitative estimate of drug-likeness (QED) is 0.0146. The maximum atomic E-state index is 12.9. The lowest BCUT2D eigenvalue weighted by molar-refractivity contribution is -0.161. The van der Waals surface area contributed by atoms with Crippen molar-refractivity contribution in [2.75, 3.05) is 39.6 Å². The minimum absolute atomic E-state index is 0.102. The van der Waals surface area contributed by atoms with Gasteiger partial charge < -0.3 is 34.2 Å². The molecule has 5 unspecified atom stereocenters. The number of aliphatic hydroxyl groups is 2. The third kappa shape index (κ3) is 65.5. The van der Waals surface area contributed by atoms with E-state index >= 15 is 0 Å². The molecule has 0 radical (unpaired) electrons. The summed E-state index contributed by atoms with van der Waals surface area (Å²) in [6.45, 7) is 2.40. The van der Waals surface area contributed by atoms with Crippen LogP contribution in [-0.4, -0.2) is 95.9 Å². The molecule has 0 rings (SSSR count). The van der Waals surface area contributed by atoms with Crippen molar-refractivity contribution < 1.29 is 75.8 Å². The molecule has 0 aliphatic heterocycles. The molecule has 5 atom stereocenters. The van der Waals surface area contributed by atoms with Crippen LogP contribution >= 0.6 is 15.6 Å². The minimum atomic E-state index is -4.92. The number of hydrogen-bond acceptors (Lipinski definition) is 14. The highest BCUT2D eigenvalue weighted by Crippen LogP contribution is 2.45. The van der Waals surface area contributed by atoms with Crippen LogP contribution in [-0.2, 0) is 55.8 Å². The van der Waals surface area contributed by atoms with Gasteiger partial charge in [0.15, 0.2) is 6.10 Å². The topological polar surface area (TPSA) is 231 Å². The minimum Gasteiger partial charge on any atom is -0.463 e. The first kappa shape index (κ1) is 85.2. The van der Waals surface area contributed by atoms with Gasteiger partial charge in [0, 0.05) is 19.3 Å². The summed E-state index contributed by atoms with van der Waals surface area (Å²) in [7, 11) is -9.78. The SMILES string of the molecule is CC/C=C\C/C=C\C/C=C\C/C=C\C/C=C\C/C=C\CCCCCCCCC(=O)OCC(O)COP(=O)(O)OCC(O)COP(=O)(O)OCC(COC(=O)CCCCCCC/C=C\C/C=C\C/C=C\CC)OC(=O)CCCCCCCCCCCCCCC. The van der Waals surface area contributed by atoms with Gasteiger partial charge in [-0.05, 0) is 103 Å². The Balaban J connectivity index is 4.57. The summed E-state index contributed by atoms with van der Waals surface area (Å²) in [5.74, 6) is -1.61. The lowest BCUT2D eigenvalue weighted by Gasteiger charge is -2.21. The standard InChI is InChI=1S/C71H122O16P2/c1-4-7-10-13-16-19-22-25-27-28-29-30-31-32-33-34-35-36-38-41-42-45-48-51-54-57-69(74)81-60-66(72)61-83-88(77,78)84-62-67(73)63-85-89(79,80)86-65-68(87-71(76)59-56-53-50-47-44-39-24-21-18-15-12-9-6-3)64-82-70(75)58-55-52-49-46-43-40-37-26-23-20-17-14-11-8-5-2/h7-8,10-11,16-17,19-20,25-27,29-30,32-33,35-37,66-68,72-73H,4-6,9,12-15,18,21-24,28,31,34,38-65H2,1-3H3,(H,77,78)(H,79,80)/b10-7-,11-8-,19-16-,20-17-,27-25-,30-29-,33-32-,36-35-,37-26-. The van der Waals surface area contributed by atoms with E-state index in [1.807, 2.05) is 0 Å². The normalized spacial score (nSPS) is 14.9. The number of allylic oxidation sites excluding steroid dienone is 18. The van der Waals surface area contributed by atoms with Crippen molar-refractivity contribution in [3.05, 3.63) is 109 Å². The molecule has 0 aromatic rings. The maximum absolute atomic E-state index is 12.9. The van der Waals surface area contributed by atoms with Crippen LogP contribution in [0.15, 0.2) is 109 Å². The number of carbonyl (C=O) groups is 3. The molecular formula is C71H122O16P2. The molecule has 18 heteroatoms. The van der Waals surface area contributed by atoms with Gasteiger partial charge in [0.05, 0.1) is 26.4 Å². The monoisotopic (exact) mass is 1290 g/mol. The lowest BCUT2D eigenvalue weighted by atomic mass is 10.0. The molecule has 89 heavy (non-hydrogen) atoms. The van der Waals surface area contributed by atoms with Gasteiger partial charge in [0.1, 0.15) is 25.4 Å². The predicted molar refractivity (Wildman–Crippen MR) is 362 cm³/mol.